The van der Waals surface area contributed by atoms with Gasteiger partial charge in [-0.2, -0.15) is 0 Å². The highest BCUT2D eigenvalue weighted by Gasteiger charge is 2.40. The molecule has 0 unspecified atom stereocenters. The summed E-state index contributed by atoms with van der Waals surface area (Å²) in [5, 5.41) is 0. The predicted octanol–water partition coefficient (Wildman–Crippen LogP) is 3.97. The van der Waals surface area contributed by atoms with Crippen LogP contribution >= 0.6 is 0 Å². The third-order valence-electron chi connectivity index (χ3n) is 7.72. The Morgan fingerprint density at radius 3 is 2.25 bits per heavy atom. The zero-order chi connectivity index (χ0) is 21.7. The van der Waals surface area contributed by atoms with Gasteiger partial charge in [0.05, 0.1) is 12.2 Å². The van der Waals surface area contributed by atoms with E-state index < -0.39 is 0 Å². The Morgan fingerprint density at radius 1 is 0.938 bits per heavy atom. The first kappa shape index (κ1) is 19.7. The molecule has 0 atom stereocenters. The molecule has 2 aliphatic heterocycles. The van der Waals surface area contributed by atoms with Crippen molar-refractivity contribution < 1.29 is 0 Å². The number of hydrogen-bond acceptors (Lipinski definition) is 5. The summed E-state index contributed by atoms with van der Waals surface area (Å²) in [6, 6.07) is 18.7. The summed E-state index contributed by atoms with van der Waals surface area (Å²) in [5.41, 5.74) is 14.1. The van der Waals surface area contributed by atoms with E-state index in [4.69, 9.17) is 10.7 Å². The highest BCUT2D eigenvalue weighted by Crippen LogP contribution is 2.49. The monoisotopic (exact) mass is 425 g/mol. The van der Waals surface area contributed by atoms with Crippen LogP contribution in [0.1, 0.15) is 47.2 Å². The van der Waals surface area contributed by atoms with E-state index in [2.05, 4.69) is 70.2 Å². The summed E-state index contributed by atoms with van der Waals surface area (Å²) in [4.78, 5) is 14.1. The second-order valence-corrected chi connectivity index (χ2v) is 9.83. The summed E-state index contributed by atoms with van der Waals surface area (Å²) in [6.45, 7) is 5.72. The number of nitrogens with zero attached hydrogens (tertiary/aromatic N) is 4. The van der Waals surface area contributed by atoms with Crippen LogP contribution in [0.3, 0.4) is 0 Å². The number of hydrogen-bond donors (Lipinski definition) is 1. The average Bonchev–Trinajstić information content (AvgIpc) is 2.77. The number of anilines is 2. The second kappa shape index (κ2) is 7.59. The lowest BCUT2D eigenvalue weighted by Crippen LogP contribution is -2.56. The van der Waals surface area contributed by atoms with Crippen molar-refractivity contribution in [2.45, 2.75) is 50.6 Å². The molecule has 6 rings (SSSR count). The number of aryl methyl sites for hydroxylation is 1. The van der Waals surface area contributed by atoms with Gasteiger partial charge in [0, 0.05) is 43.0 Å². The van der Waals surface area contributed by atoms with Gasteiger partial charge in [-0.1, -0.05) is 48.4 Å². The Labute approximate surface area is 190 Å². The predicted molar refractivity (Wildman–Crippen MR) is 129 cm³/mol. The minimum Gasteiger partial charge on any atom is -0.365 e. The van der Waals surface area contributed by atoms with Crippen molar-refractivity contribution in [2.75, 3.05) is 29.4 Å². The maximum Gasteiger partial charge on any atom is 0.225 e. The molecule has 5 heteroatoms. The van der Waals surface area contributed by atoms with Crippen LogP contribution in [0, 0.1) is 6.92 Å². The summed E-state index contributed by atoms with van der Waals surface area (Å²) < 4.78 is 0. The van der Waals surface area contributed by atoms with Gasteiger partial charge in [-0.3, -0.25) is 0 Å². The topological polar surface area (TPSA) is 58.3 Å². The van der Waals surface area contributed by atoms with Gasteiger partial charge in [-0.15, -0.1) is 0 Å². The van der Waals surface area contributed by atoms with Crippen LogP contribution in [0.5, 0.6) is 0 Å². The quantitative estimate of drug-likeness (QED) is 0.686. The molecule has 1 saturated carbocycles. The van der Waals surface area contributed by atoms with Crippen LogP contribution in [-0.4, -0.2) is 35.6 Å². The molecule has 5 nitrogen and oxygen atoms in total. The van der Waals surface area contributed by atoms with Crippen LogP contribution in [0.25, 0.3) is 0 Å². The zero-order valence-electron chi connectivity index (χ0n) is 18.8. The van der Waals surface area contributed by atoms with E-state index in [1.54, 1.807) is 0 Å². The van der Waals surface area contributed by atoms with Crippen molar-refractivity contribution >= 4 is 11.6 Å². The van der Waals surface area contributed by atoms with E-state index in [1.807, 2.05) is 6.20 Å². The largest absolute Gasteiger partial charge is 0.365 e. The molecule has 3 heterocycles. The number of rotatable bonds is 4. The van der Waals surface area contributed by atoms with Crippen molar-refractivity contribution in [1.82, 2.24) is 9.97 Å². The lowest BCUT2D eigenvalue weighted by Gasteiger charge is -2.43. The number of benzene rings is 2. The normalized spacial score (nSPS) is 19.8. The second-order valence-electron chi connectivity index (χ2n) is 9.83. The molecule has 0 spiro atoms. The molecular weight excluding hydrogens is 394 g/mol. The Bertz CT molecular complexity index is 1110. The Balaban J connectivity index is 1.22. The van der Waals surface area contributed by atoms with Gasteiger partial charge in [0.25, 0.3) is 0 Å². The van der Waals surface area contributed by atoms with E-state index >= 15 is 0 Å². The molecule has 1 aliphatic carbocycles. The third kappa shape index (κ3) is 3.27. The first-order chi connectivity index (χ1) is 15.6. The van der Waals surface area contributed by atoms with Crippen LogP contribution in [0.4, 0.5) is 11.6 Å². The van der Waals surface area contributed by atoms with Crippen LogP contribution in [0.2, 0.25) is 0 Å². The van der Waals surface area contributed by atoms with E-state index in [1.165, 1.54) is 47.2 Å². The number of aromatic nitrogens is 2. The van der Waals surface area contributed by atoms with E-state index in [9.17, 15) is 0 Å². The Kier molecular flexibility index (Phi) is 4.68. The van der Waals surface area contributed by atoms with Crippen LogP contribution < -0.4 is 15.5 Å². The average molecular weight is 426 g/mol. The fourth-order valence-corrected chi connectivity index (χ4v) is 5.48. The van der Waals surface area contributed by atoms with Gasteiger partial charge >= 0.3 is 0 Å². The van der Waals surface area contributed by atoms with Crippen molar-refractivity contribution in [3.05, 3.63) is 82.7 Å². The van der Waals surface area contributed by atoms with Gasteiger partial charge in [0.1, 0.15) is 0 Å². The molecule has 3 aliphatic rings. The molecule has 0 radical (unpaired) electrons. The van der Waals surface area contributed by atoms with Gasteiger partial charge in [0.2, 0.25) is 5.95 Å². The molecule has 2 aromatic carbocycles. The summed E-state index contributed by atoms with van der Waals surface area (Å²) in [7, 11) is 0. The molecule has 164 valence electrons. The first-order valence-corrected chi connectivity index (χ1v) is 11.9. The summed E-state index contributed by atoms with van der Waals surface area (Å²) in [6.07, 6.45) is 6.80. The van der Waals surface area contributed by atoms with Crippen LogP contribution in [-0.2, 0) is 18.4 Å². The van der Waals surface area contributed by atoms with Crippen molar-refractivity contribution in [1.29, 1.82) is 0 Å². The molecule has 0 bridgehead atoms. The standard InChI is InChI=1S/C27H31N5/c1-19-3-5-21(6-4-19)27(12-2-13-27)22-7-9-24(10-8-22)31-14-11-20-15-29-26(30-25(20)18-31)32-16-23(28)17-32/h3-10,15,23H,2,11-14,16-18,28H2,1H3. The minimum atomic E-state index is 0.195. The number of nitrogens with two attached hydrogens (primary N) is 1. The molecule has 2 N–H and O–H groups in total. The molecule has 3 aromatic rings. The Morgan fingerprint density at radius 2 is 1.62 bits per heavy atom. The molecule has 1 aromatic heterocycles. The van der Waals surface area contributed by atoms with Gasteiger partial charge in [0.15, 0.2) is 0 Å². The SMILES string of the molecule is Cc1ccc(C2(c3ccc(N4CCc5cnc(N6CC(N)C6)nc5C4)cc3)CCC2)cc1. The summed E-state index contributed by atoms with van der Waals surface area (Å²) in [5.74, 6) is 0.827. The zero-order valence-corrected chi connectivity index (χ0v) is 18.8. The molecule has 0 amide bonds. The maximum atomic E-state index is 5.94. The third-order valence-corrected chi connectivity index (χ3v) is 7.72. The molecule has 2 fully saturated rings. The first-order valence-electron chi connectivity index (χ1n) is 11.9. The maximum absolute atomic E-state index is 5.94. The van der Waals surface area contributed by atoms with Crippen LogP contribution in [0.15, 0.2) is 54.7 Å². The van der Waals surface area contributed by atoms with Crippen molar-refractivity contribution in [2.24, 2.45) is 5.73 Å². The van der Waals surface area contributed by atoms with E-state index in [0.29, 0.717) is 0 Å². The molecular formula is C27H31N5. The molecule has 1 saturated heterocycles. The number of fused-ring (bicyclic) bond motifs is 1. The van der Waals surface area contributed by atoms with E-state index in [-0.39, 0.29) is 11.5 Å². The van der Waals surface area contributed by atoms with E-state index in [0.717, 1.165) is 44.2 Å². The lowest BCUT2D eigenvalue weighted by atomic mass is 9.60. The van der Waals surface area contributed by atoms with Gasteiger partial charge in [-0.25, -0.2) is 9.97 Å². The fourth-order valence-electron chi connectivity index (χ4n) is 5.48. The summed E-state index contributed by atoms with van der Waals surface area (Å²) >= 11 is 0. The van der Waals surface area contributed by atoms with Crippen molar-refractivity contribution in [3.8, 4) is 0 Å². The fraction of sp³-hybridized carbons (Fsp3) is 0.407. The van der Waals surface area contributed by atoms with Gasteiger partial charge < -0.3 is 15.5 Å². The smallest absolute Gasteiger partial charge is 0.225 e. The highest BCUT2D eigenvalue weighted by molar-refractivity contribution is 5.53. The lowest BCUT2D eigenvalue weighted by molar-refractivity contribution is 0.301. The van der Waals surface area contributed by atoms with Gasteiger partial charge in [-0.05, 0) is 55.0 Å². The Hall–Kier alpha value is -2.92. The minimum absolute atomic E-state index is 0.195. The highest BCUT2D eigenvalue weighted by atomic mass is 15.3. The van der Waals surface area contributed by atoms with Crippen molar-refractivity contribution in [3.63, 3.8) is 0 Å². The molecule has 32 heavy (non-hydrogen) atoms.